The summed E-state index contributed by atoms with van der Waals surface area (Å²) in [7, 11) is 0. The molecule has 2 rings (SSSR count). The van der Waals surface area contributed by atoms with E-state index >= 15 is 0 Å². The minimum Gasteiger partial charge on any atom is -0.478 e. The molecule has 0 aliphatic carbocycles. The molecule has 1 aromatic heterocycles. The highest BCUT2D eigenvalue weighted by Gasteiger charge is 2.15. The van der Waals surface area contributed by atoms with E-state index in [9.17, 15) is 9.59 Å². The first-order valence-electron chi connectivity index (χ1n) is 4.30. The number of nitrogens with one attached hydrogen (secondary N) is 1. The number of hydrogen-bond donors (Lipinski definition) is 2. The lowest BCUT2D eigenvalue weighted by atomic mass is 10.1. The van der Waals surface area contributed by atoms with Crippen LogP contribution in [0.25, 0.3) is 11.3 Å². The Balaban J connectivity index is 2.62. The normalized spacial score (nSPS) is 10.3. The SMILES string of the molecule is O=C(O)c1cccc(-c2c[nH]c(=O)o2)c1Cl. The molecule has 0 amide bonds. The van der Waals surface area contributed by atoms with Crippen molar-refractivity contribution in [2.45, 2.75) is 0 Å². The molecule has 0 aliphatic rings. The van der Waals surface area contributed by atoms with Gasteiger partial charge in [-0.1, -0.05) is 17.7 Å². The number of aromatic carboxylic acids is 1. The fourth-order valence-corrected chi connectivity index (χ4v) is 1.60. The lowest BCUT2D eigenvalue weighted by Crippen LogP contribution is -1.98. The van der Waals surface area contributed by atoms with Crippen molar-refractivity contribution in [3.63, 3.8) is 0 Å². The van der Waals surface area contributed by atoms with Gasteiger partial charge >= 0.3 is 11.7 Å². The molecule has 2 N–H and O–H groups in total. The van der Waals surface area contributed by atoms with E-state index in [1.165, 1.54) is 18.3 Å². The fraction of sp³-hybridized carbons (Fsp3) is 0. The highest BCUT2D eigenvalue weighted by atomic mass is 35.5. The van der Waals surface area contributed by atoms with Crippen molar-refractivity contribution >= 4 is 17.6 Å². The Morgan fingerprint density at radius 2 is 2.19 bits per heavy atom. The van der Waals surface area contributed by atoms with E-state index in [1.54, 1.807) is 6.07 Å². The predicted molar refractivity (Wildman–Crippen MR) is 56.7 cm³/mol. The zero-order valence-corrected chi connectivity index (χ0v) is 8.62. The molecular formula is C10H6ClNO4. The summed E-state index contributed by atoms with van der Waals surface area (Å²) in [6.07, 6.45) is 1.33. The van der Waals surface area contributed by atoms with Gasteiger partial charge in [-0.25, -0.2) is 9.59 Å². The summed E-state index contributed by atoms with van der Waals surface area (Å²) in [5.41, 5.74) is 0.322. The first-order valence-corrected chi connectivity index (χ1v) is 4.68. The molecule has 0 saturated heterocycles. The van der Waals surface area contributed by atoms with E-state index in [1.807, 2.05) is 0 Å². The molecular weight excluding hydrogens is 234 g/mol. The molecule has 0 radical (unpaired) electrons. The molecule has 16 heavy (non-hydrogen) atoms. The van der Waals surface area contributed by atoms with Crippen LogP contribution in [0.1, 0.15) is 10.4 Å². The number of rotatable bonds is 2. The van der Waals surface area contributed by atoms with Crippen molar-refractivity contribution < 1.29 is 14.3 Å². The van der Waals surface area contributed by atoms with Crippen LogP contribution in [-0.4, -0.2) is 16.1 Å². The Kier molecular flexibility index (Phi) is 2.54. The van der Waals surface area contributed by atoms with Crippen LogP contribution in [0.2, 0.25) is 5.02 Å². The van der Waals surface area contributed by atoms with Crippen molar-refractivity contribution in [3.8, 4) is 11.3 Å². The zero-order valence-electron chi connectivity index (χ0n) is 7.86. The number of halogens is 1. The van der Waals surface area contributed by atoms with E-state index in [2.05, 4.69) is 4.98 Å². The zero-order chi connectivity index (χ0) is 11.7. The molecule has 82 valence electrons. The van der Waals surface area contributed by atoms with E-state index in [-0.39, 0.29) is 16.3 Å². The van der Waals surface area contributed by atoms with Gasteiger partial charge in [-0.2, -0.15) is 0 Å². The van der Waals surface area contributed by atoms with Crippen molar-refractivity contribution in [1.82, 2.24) is 4.98 Å². The summed E-state index contributed by atoms with van der Waals surface area (Å²) in [5, 5.41) is 8.90. The number of aromatic amines is 1. The van der Waals surface area contributed by atoms with E-state index in [4.69, 9.17) is 21.1 Å². The predicted octanol–water partition coefficient (Wildman–Crippen LogP) is 1.99. The number of carboxylic acids is 1. The van der Waals surface area contributed by atoms with Gasteiger partial charge in [-0.15, -0.1) is 0 Å². The minimum absolute atomic E-state index is 0.0389. The Morgan fingerprint density at radius 3 is 2.75 bits per heavy atom. The molecule has 0 aliphatic heterocycles. The van der Waals surface area contributed by atoms with Gasteiger partial charge in [0.2, 0.25) is 0 Å². The van der Waals surface area contributed by atoms with Crippen LogP contribution < -0.4 is 5.76 Å². The Morgan fingerprint density at radius 1 is 1.44 bits per heavy atom. The molecule has 1 aromatic carbocycles. The molecule has 2 aromatic rings. The largest absolute Gasteiger partial charge is 0.478 e. The molecule has 0 unspecified atom stereocenters. The third-order valence-electron chi connectivity index (χ3n) is 2.02. The third-order valence-corrected chi connectivity index (χ3v) is 2.43. The number of carboxylic acid groups (broad SMARTS) is 1. The average Bonchev–Trinajstić information content (AvgIpc) is 2.64. The number of hydrogen-bond acceptors (Lipinski definition) is 3. The first kappa shape index (κ1) is 10.5. The number of carbonyl (C=O) groups is 1. The first-order chi connectivity index (χ1) is 7.59. The van der Waals surface area contributed by atoms with Crippen LogP contribution in [0.15, 0.2) is 33.6 Å². The molecule has 6 heteroatoms. The summed E-state index contributed by atoms with van der Waals surface area (Å²) in [4.78, 5) is 24.0. The van der Waals surface area contributed by atoms with Crippen LogP contribution in [0, 0.1) is 0 Å². The van der Waals surface area contributed by atoms with Crippen LogP contribution in [0.5, 0.6) is 0 Å². The van der Waals surface area contributed by atoms with Crippen molar-refractivity contribution in [3.05, 3.63) is 45.5 Å². The van der Waals surface area contributed by atoms with Gasteiger partial charge in [0.15, 0.2) is 5.76 Å². The van der Waals surface area contributed by atoms with Gasteiger partial charge in [-0.3, -0.25) is 4.98 Å². The molecule has 1 heterocycles. The van der Waals surface area contributed by atoms with Crippen molar-refractivity contribution in [1.29, 1.82) is 0 Å². The molecule has 0 spiro atoms. The summed E-state index contributed by atoms with van der Waals surface area (Å²) >= 11 is 5.89. The van der Waals surface area contributed by atoms with E-state index in [0.29, 0.717) is 5.56 Å². The summed E-state index contributed by atoms with van der Waals surface area (Å²) in [5.74, 6) is -1.55. The smallest absolute Gasteiger partial charge is 0.416 e. The maximum atomic E-state index is 10.8. The monoisotopic (exact) mass is 239 g/mol. The number of benzene rings is 1. The molecule has 0 saturated carbocycles. The highest BCUT2D eigenvalue weighted by Crippen LogP contribution is 2.29. The number of H-pyrrole nitrogens is 1. The number of oxazole rings is 1. The third kappa shape index (κ3) is 1.72. The van der Waals surface area contributed by atoms with Crippen molar-refractivity contribution in [2.75, 3.05) is 0 Å². The van der Waals surface area contributed by atoms with Gasteiger partial charge in [0.05, 0.1) is 16.8 Å². The maximum absolute atomic E-state index is 10.8. The van der Waals surface area contributed by atoms with Crippen LogP contribution in [0.3, 0.4) is 0 Å². The summed E-state index contributed by atoms with van der Waals surface area (Å²) in [6, 6.07) is 4.47. The Labute approximate surface area is 94.3 Å². The standard InChI is InChI=1S/C10H6ClNO4/c11-8-5(7-4-12-10(15)16-7)2-1-3-6(8)9(13)14/h1-4H,(H,12,15)(H,13,14). The minimum atomic E-state index is -1.13. The van der Waals surface area contributed by atoms with Gasteiger partial charge in [-0.05, 0) is 12.1 Å². The lowest BCUT2D eigenvalue weighted by Gasteiger charge is -2.02. The second-order valence-corrected chi connectivity index (χ2v) is 3.39. The fourth-order valence-electron chi connectivity index (χ4n) is 1.30. The average molecular weight is 240 g/mol. The Bertz CT molecular complexity index is 599. The second-order valence-electron chi connectivity index (χ2n) is 3.01. The van der Waals surface area contributed by atoms with Gasteiger partial charge in [0, 0.05) is 5.56 Å². The summed E-state index contributed by atoms with van der Waals surface area (Å²) < 4.78 is 4.80. The molecule has 5 nitrogen and oxygen atoms in total. The van der Waals surface area contributed by atoms with Gasteiger partial charge < -0.3 is 9.52 Å². The highest BCUT2D eigenvalue weighted by molar-refractivity contribution is 6.36. The number of aromatic nitrogens is 1. The summed E-state index contributed by atoms with van der Waals surface area (Å²) in [6.45, 7) is 0. The lowest BCUT2D eigenvalue weighted by molar-refractivity contribution is 0.0697. The maximum Gasteiger partial charge on any atom is 0.416 e. The molecule has 0 bridgehead atoms. The van der Waals surface area contributed by atoms with Crippen LogP contribution in [0.4, 0.5) is 0 Å². The van der Waals surface area contributed by atoms with Crippen molar-refractivity contribution in [2.24, 2.45) is 0 Å². The van der Waals surface area contributed by atoms with Crippen LogP contribution in [-0.2, 0) is 0 Å². The van der Waals surface area contributed by atoms with Crippen LogP contribution >= 0.6 is 11.6 Å². The van der Waals surface area contributed by atoms with Gasteiger partial charge in [0.1, 0.15) is 0 Å². The van der Waals surface area contributed by atoms with E-state index in [0.717, 1.165) is 0 Å². The second kappa shape index (κ2) is 3.86. The van der Waals surface area contributed by atoms with E-state index < -0.39 is 11.7 Å². The molecule has 0 fully saturated rings. The quantitative estimate of drug-likeness (QED) is 0.839. The topological polar surface area (TPSA) is 83.3 Å². The Hall–Kier alpha value is -2.01. The molecule has 0 atom stereocenters. The van der Waals surface area contributed by atoms with Gasteiger partial charge in [0.25, 0.3) is 0 Å².